The topological polar surface area (TPSA) is 89.3 Å². The van der Waals surface area contributed by atoms with Gasteiger partial charge >= 0.3 is 0 Å². The zero-order valence-electron chi connectivity index (χ0n) is 21.4. The number of hydrogen-bond donors (Lipinski definition) is 1. The maximum Gasteiger partial charge on any atom is 0.256 e. The lowest BCUT2D eigenvalue weighted by Gasteiger charge is -2.35. The number of amides is 2. The van der Waals surface area contributed by atoms with Crippen molar-refractivity contribution in [3.63, 3.8) is 0 Å². The van der Waals surface area contributed by atoms with Crippen LogP contribution >= 0.6 is 0 Å². The molecule has 190 valence electrons. The third-order valence-electron chi connectivity index (χ3n) is 6.83. The third-order valence-corrected chi connectivity index (χ3v) is 6.83. The van der Waals surface area contributed by atoms with Crippen molar-refractivity contribution in [2.45, 2.75) is 45.7 Å². The fourth-order valence-corrected chi connectivity index (χ4v) is 5.21. The minimum Gasteiger partial charge on any atom is -0.497 e. The normalized spacial score (nSPS) is 15.5. The molecule has 0 radical (unpaired) electrons. The maximum absolute atomic E-state index is 14.3. The molecule has 8 heteroatoms. The number of ether oxygens (including phenoxy) is 1. The van der Waals surface area contributed by atoms with Gasteiger partial charge in [-0.05, 0) is 62.6 Å². The lowest BCUT2D eigenvalue weighted by molar-refractivity contribution is -0.114. The molecule has 1 saturated heterocycles. The highest BCUT2D eigenvalue weighted by Crippen LogP contribution is 2.35. The van der Waals surface area contributed by atoms with Crippen LogP contribution in [0.1, 0.15) is 55.2 Å². The lowest BCUT2D eigenvalue weighted by Crippen LogP contribution is -2.39. The number of imidazole rings is 1. The van der Waals surface area contributed by atoms with E-state index in [1.165, 1.54) is 6.92 Å². The number of hydrogen-bond acceptors (Lipinski definition) is 5. The van der Waals surface area contributed by atoms with E-state index in [2.05, 4.69) is 14.9 Å². The zero-order valence-corrected chi connectivity index (χ0v) is 21.4. The summed E-state index contributed by atoms with van der Waals surface area (Å²) >= 11 is 0. The summed E-state index contributed by atoms with van der Waals surface area (Å²) in [5.41, 5.74) is 4.26. The van der Waals surface area contributed by atoms with Gasteiger partial charge in [0.25, 0.3) is 5.91 Å². The molecule has 1 fully saturated rings. The minimum absolute atomic E-state index is 0.0839. The zero-order chi connectivity index (χ0) is 25.9. The van der Waals surface area contributed by atoms with Gasteiger partial charge in [-0.25, -0.2) is 4.98 Å². The molecule has 0 saturated carbocycles. The fraction of sp³-hybridized carbons (Fsp3) is 0.310. The van der Waals surface area contributed by atoms with Gasteiger partial charge in [-0.1, -0.05) is 18.2 Å². The highest BCUT2D eigenvalue weighted by atomic mass is 16.5. The van der Waals surface area contributed by atoms with E-state index < -0.39 is 0 Å². The predicted octanol–water partition coefficient (Wildman–Crippen LogP) is 5.45. The Morgan fingerprint density at radius 2 is 1.97 bits per heavy atom. The Morgan fingerprint density at radius 3 is 2.70 bits per heavy atom. The van der Waals surface area contributed by atoms with Crippen LogP contribution in [0.15, 0.2) is 60.8 Å². The number of fused-ring (bicyclic) bond motifs is 1. The van der Waals surface area contributed by atoms with E-state index in [1.54, 1.807) is 19.4 Å². The second kappa shape index (κ2) is 10.4. The van der Waals surface area contributed by atoms with Crippen molar-refractivity contribution in [1.82, 2.24) is 19.4 Å². The number of piperidine rings is 1. The van der Waals surface area contributed by atoms with E-state index in [0.717, 1.165) is 47.6 Å². The van der Waals surface area contributed by atoms with Crippen LogP contribution in [0.4, 0.5) is 5.69 Å². The standard InChI is InChI=1S/C29H31N5O3/c1-4-33-27-23(29(36)34-15-8-6-13-26(34)24-12-5-7-14-30-24)17-21(31-19(2)35)18-25(27)32-28(33)20-10-9-11-22(16-20)37-3/h5,7,9-12,14,16-18,26H,4,6,8,13,15H2,1-3H3,(H,31,35). The number of pyridine rings is 1. The molecule has 1 atom stereocenters. The highest BCUT2D eigenvalue weighted by molar-refractivity contribution is 6.08. The molecule has 2 amide bonds. The van der Waals surface area contributed by atoms with Crippen LogP contribution in [-0.4, -0.2) is 44.9 Å². The number of nitrogens with zero attached hydrogens (tertiary/aromatic N) is 4. The number of aryl methyl sites for hydroxylation is 1. The number of likely N-dealkylation sites (tertiary alicyclic amines) is 1. The fourth-order valence-electron chi connectivity index (χ4n) is 5.21. The average molecular weight is 498 g/mol. The number of methoxy groups -OCH3 is 1. The summed E-state index contributed by atoms with van der Waals surface area (Å²) < 4.78 is 7.49. The number of carbonyl (C=O) groups is 2. The van der Waals surface area contributed by atoms with Crippen molar-refractivity contribution < 1.29 is 14.3 Å². The highest BCUT2D eigenvalue weighted by Gasteiger charge is 2.32. The molecule has 37 heavy (non-hydrogen) atoms. The number of carbonyl (C=O) groups excluding carboxylic acids is 2. The molecular weight excluding hydrogens is 466 g/mol. The molecule has 2 aromatic heterocycles. The number of benzene rings is 2. The van der Waals surface area contributed by atoms with Gasteiger partial charge in [0.1, 0.15) is 11.6 Å². The van der Waals surface area contributed by atoms with Crippen LogP contribution in [0, 0.1) is 0 Å². The summed E-state index contributed by atoms with van der Waals surface area (Å²) in [6.45, 7) is 4.76. The quantitative estimate of drug-likeness (QED) is 0.382. The molecule has 5 rings (SSSR count). The van der Waals surface area contributed by atoms with E-state index >= 15 is 0 Å². The van der Waals surface area contributed by atoms with Crippen LogP contribution in [-0.2, 0) is 11.3 Å². The summed E-state index contributed by atoms with van der Waals surface area (Å²) in [5, 5.41) is 2.85. The Labute approximate surface area is 216 Å². The molecule has 1 unspecified atom stereocenters. The van der Waals surface area contributed by atoms with Gasteiger partial charge in [-0.15, -0.1) is 0 Å². The molecule has 0 bridgehead atoms. The molecule has 1 aliphatic heterocycles. The van der Waals surface area contributed by atoms with Crippen LogP contribution in [0.5, 0.6) is 5.75 Å². The number of anilines is 1. The second-order valence-electron chi connectivity index (χ2n) is 9.25. The molecule has 3 heterocycles. The van der Waals surface area contributed by atoms with E-state index in [1.807, 2.05) is 60.4 Å². The van der Waals surface area contributed by atoms with Crippen molar-refractivity contribution in [1.29, 1.82) is 0 Å². The summed E-state index contributed by atoms with van der Waals surface area (Å²) in [4.78, 5) is 37.6. The van der Waals surface area contributed by atoms with E-state index in [9.17, 15) is 9.59 Å². The molecule has 1 aliphatic rings. The second-order valence-corrected chi connectivity index (χ2v) is 9.25. The van der Waals surface area contributed by atoms with Crippen molar-refractivity contribution in [3.05, 3.63) is 72.1 Å². The summed E-state index contributed by atoms with van der Waals surface area (Å²) in [5.74, 6) is 1.18. The van der Waals surface area contributed by atoms with Crippen LogP contribution < -0.4 is 10.1 Å². The first-order valence-electron chi connectivity index (χ1n) is 12.7. The first-order valence-corrected chi connectivity index (χ1v) is 12.7. The van der Waals surface area contributed by atoms with Gasteiger partial charge in [0.2, 0.25) is 5.91 Å². The molecule has 0 spiro atoms. The number of rotatable bonds is 6. The molecular formula is C29H31N5O3. The minimum atomic E-state index is -0.204. The third kappa shape index (κ3) is 4.79. The van der Waals surface area contributed by atoms with Gasteiger partial charge in [-0.3, -0.25) is 14.6 Å². The van der Waals surface area contributed by atoms with Crippen molar-refractivity contribution >= 4 is 28.5 Å². The first kappa shape index (κ1) is 24.5. The summed E-state index contributed by atoms with van der Waals surface area (Å²) in [6, 6.07) is 17.1. The largest absolute Gasteiger partial charge is 0.497 e. The SMILES string of the molecule is CCn1c(-c2cccc(OC)c2)nc2cc(NC(C)=O)cc(C(=O)N3CCCCC3c3ccccn3)c21. The maximum atomic E-state index is 14.3. The van der Waals surface area contributed by atoms with E-state index in [0.29, 0.717) is 29.9 Å². The smallest absolute Gasteiger partial charge is 0.256 e. The van der Waals surface area contributed by atoms with Crippen LogP contribution in [0.25, 0.3) is 22.4 Å². The molecule has 4 aromatic rings. The first-order chi connectivity index (χ1) is 18.0. The Morgan fingerprint density at radius 1 is 1.11 bits per heavy atom. The van der Waals surface area contributed by atoms with Crippen molar-refractivity contribution in [3.8, 4) is 17.1 Å². The summed E-state index contributed by atoms with van der Waals surface area (Å²) in [6.07, 6.45) is 4.61. The van der Waals surface area contributed by atoms with Gasteiger partial charge in [0, 0.05) is 37.5 Å². The lowest BCUT2D eigenvalue weighted by atomic mass is 9.97. The number of aromatic nitrogens is 3. The van der Waals surface area contributed by atoms with Gasteiger partial charge < -0.3 is 19.5 Å². The Bertz CT molecular complexity index is 1450. The Kier molecular flexibility index (Phi) is 6.90. The molecule has 0 aliphatic carbocycles. The monoisotopic (exact) mass is 497 g/mol. The Balaban J connectivity index is 1.68. The number of nitrogens with one attached hydrogen (secondary N) is 1. The summed E-state index contributed by atoms with van der Waals surface area (Å²) in [7, 11) is 1.63. The van der Waals surface area contributed by atoms with Crippen molar-refractivity contribution in [2.75, 3.05) is 19.0 Å². The molecule has 8 nitrogen and oxygen atoms in total. The predicted molar refractivity (Wildman–Crippen MR) is 144 cm³/mol. The van der Waals surface area contributed by atoms with Gasteiger partial charge in [0.15, 0.2) is 0 Å². The Hall–Kier alpha value is -4.20. The van der Waals surface area contributed by atoms with Gasteiger partial charge in [0.05, 0.1) is 35.4 Å². The molecule has 1 N–H and O–H groups in total. The average Bonchev–Trinajstić information content (AvgIpc) is 3.31. The molecule has 2 aromatic carbocycles. The van der Waals surface area contributed by atoms with Gasteiger partial charge in [-0.2, -0.15) is 0 Å². The van der Waals surface area contributed by atoms with Crippen LogP contribution in [0.2, 0.25) is 0 Å². The van der Waals surface area contributed by atoms with E-state index in [-0.39, 0.29) is 17.9 Å². The van der Waals surface area contributed by atoms with Crippen LogP contribution in [0.3, 0.4) is 0 Å². The van der Waals surface area contributed by atoms with Crippen molar-refractivity contribution in [2.24, 2.45) is 0 Å². The van der Waals surface area contributed by atoms with E-state index in [4.69, 9.17) is 9.72 Å².